The molecule has 2 aromatic carbocycles. The van der Waals surface area contributed by atoms with Gasteiger partial charge in [0.05, 0.1) is 7.11 Å². The third-order valence-corrected chi connectivity index (χ3v) is 3.55. The minimum atomic E-state index is -0.480. The van der Waals surface area contributed by atoms with Crippen LogP contribution in [0.4, 0.5) is 8.78 Å². The number of nitrogens with two attached hydrogens (primary N) is 1. The standard InChI is InChI=1S/C15H14BrF2NO/c1-20-15-5-3-10(6-13(15)18)14(19)7-9-2-4-11(16)8-12(9)17/h2-6,8,14H,7,19H2,1H3. The van der Waals surface area contributed by atoms with E-state index < -0.39 is 11.9 Å². The highest BCUT2D eigenvalue weighted by molar-refractivity contribution is 9.10. The molecule has 0 radical (unpaired) electrons. The number of hydrogen-bond acceptors (Lipinski definition) is 2. The van der Waals surface area contributed by atoms with Crippen molar-refractivity contribution in [2.45, 2.75) is 12.5 Å². The quantitative estimate of drug-likeness (QED) is 0.912. The van der Waals surface area contributed by atoms with Crippen LogP contribution in [0, 0.1) is 11.6 Å². The molecule has 0 aliphatic rings. The second kappa shape index (κ2) is 6.33. The molecule has 2 aromatic rings. The van der Waals surface area contributed by atoms with Crippen molar-refractivity contribution in [1.29, 1.82) is 0 Å². The summed E-state index contributed by atoms with van der Waals surface area (Å²) in [6.07, 6.45) is 0.297. The number of methoxy groups -OCH3 is 1. The lowest BCUT2D eigenvalue weighted by Gasteiger charge is -2.14. The molecule has 0 amide bonds. The fourth-order valence-corrected chi connectivity index (χ4v) is 2.29. The molecule has 0 heterocycles. The Balaban J connectivity index is 2.19. The van der Waals surface area contributed by atoms with Crippen LogP contribution in [-0.4, -0.2) is 7.11 Å². The van der Waals surface area contributed by atoms with Crippen molar-refractivity contribution in [3.05, 3.63) is 63.6 Å². The van der Waals surface area contributed by atoms with E-state index in [1.54, 1.807) is 18.2 Å². The Morgan fingerprint density at radius 2 is 1.90 bits per heavy atom. The topological polar surface area (TPSA) is 35.2 Å². The third kappa shape index (κ3) is 3.35. The molecule has 0 aliphatic heterocycles. The molecule has 0 aromatic heterocycles. The SMILES string of the molecule is COc1ccc(C(N)Cc2ccc(Br)cc2F)cc1F. The maximum Gasteiger partial charge on any atom is 0.165 e. The first-order valence-electron chi connectivity index (χ1n) is 6.04. The zero-order chi connectivity index (χ0) is 14.7. The molecule has 0 spiro atoms. The zero-order valence-corrected chi connectivity index (χ0v) is 12.5. The first kappa shape index (κ1) is 14.9. The van der Waals surface area contributed by atoms with Gasteiger partial charge in [0, 0.05) is 10.5 Å². The summed E-state index contributed by atoms with van der Waals surface area (Å²) >= 11 is 3.20. The van der Waals surface area contributed by atoms with Crippen molar-refractivity contribution < 1.29 is 13.5 Å². The highest BCUT2D eigenvalue weighted by atomic mass is 79.9. The minimum Gasteiger partial charge on any atom is -0.494 e. The first-order valence-corrected chi connectivity index (χ1v) is 6.83. The Morgan fingerprint density at radius 1 is 1.15 bits per heavy atom. The van der Waals surface area contributed by atoms with Gasteiger partial charge in [-0.3, -0.25) is 0 Å². The van der Waals surface area contributed by atoms with Gasteiger partial charge in [-0.25, -0.2) is 8.78 Å². The van der Waals surface area contributed by atoms with Crippen LogP contribution in [0.2, 0.25) is 0 Å². The molecule has 20 heavy (non-hydrogen) atoms. The highest BCUT2D eigenvalue weighted by Crippen LogP contribution is 2.24. The van der Waals surface area contributed by atoms with Gasteiger partial charge < -0.3 is 10.5 Å². The molecular formula is C15H14BrF2NO. The second-order valence-corrected chi connectivity index (χ2v) is 5.36. The van der Waals surface area contributed by atoms with Crippen LogP contribution in [0.1, 0.15) is 17.2 Å². The van der Waals surface area contributed by atoms with Gasteiger partial charge >= 0.3 is 0 Å². The van der Waals surface area contributed by atoms with Crippen molar-refractivity contribution in [2.24, 2.45) is 5.73 Å². The maximum atomic E-state index is 13.7. The monoisotopic (exact) mass is 341 g/mol. The lowest BCUT2D eigenvalue weighted by atomic mass is 9.99. The van der Waals surface area contributed by atoms with Crippen molar-refractivity contribution in [1.82, 2.24) is 0 Å². The largest absolute Gasteiger partial charge is 0.494 e. The van der Waals surface area contributed by atoms with E-state index in [4.69, 9.17) is 10.5 Å². The van der Waals surface area contributed by atoms with Crippen molar-refractivity contribution in [3.63, 3.8) is 0 Å². The van der Waals surface area contributed by atoms with Gasteiger partial charge in [0.25, 0.3) is 0 Å². The molecule has 0 aliphatic carbocycles. The summed E-state index contributed by atoms with van der Waals surface area (Å²) in [6.45, 7) is 0. The lowest BCUT2D eigenvalue weighted by molar-refractivity contribution is 0.386. The van der Waals surface area contributed by atoms with E-state index in [-0.39, 0.29) is 11.6 Å². The van der Waals surface area contributed by atoms with Gasteiger partial charge in [-0.05, 0) is 41.8 Å². The second-order valence-electron chi connectivity index (χ2n) is 4.44. The summed E-state index contributed by atoms with van der Waals surface area (Å²) in [5.41, 5.74) is 7.11. The minimum absolute atomic E-state index is 0.163. The van der Waals surface area contributed by atoms with Crippen LogP contribution in [0.25, 0.3) is 0 Å². The summed E-state index contributed by atoms with van der Waals surface area (Å²) in [5, 5.41) is 0. The van der Waals surface area contributed by atoms with Crippen molar-refractivity contribution in [2.75, 3.05) is 7.11 Å². The highest BCUT2D eigenvalue weighted by Gasteiger charge is 2.13. The smallest absolute Gasteiger partial charge is 0.165 e. The van der Waals surface area contributed by atoms with Gasteiger partial charge in [0.2, 0.25) is 0 Å². The molecule has 1 atom stereocenters. The molecule has 1 unspecified atom stereocenters. The normalized spacial score (nSPS) is 12.2. The first-order chi connectivity index (χ1) is 9.51. The third-order valence-electron chi connectivity index (χ3n) is 3.06. The van der Waals surface area contributed by atoms with E-state index in [9.17, 15) is 8.78 Å². The molecule has 2 N–H and O–H groups in total. The van der Waals surface area contributed by atoms with Crippen LogP contribution < -0.4 is 10.5 Å². The van der Waals surface area contributed by atoms with Crippen LogP contribution in [0.3, 0.4) is 0 Å². The number of halogens is 3. The van der Waals surface area contributed by atoms with E-state index >= 15 is 0 Å². The summed E-state index contributed by atoms with van der Waals surface area (Å²) in [6, 6.07) is 8.84. The average molecular weight is 342 g/mol. The van der Waals surface area contributed by atoms with Gasteiger partial charge in [-0.2, -0.15) is 0 Å². The van der Waals surface area contributed by atoms with Crippen molar-refractivity contribution >= 4 is 15.9 Å². The van der Waals surface area contributed by atoms with Gasteiger partial charge in [0.1, 0.15) is 5.82 Å². The number of rotatable bonds is 4. The summed E-state index contributed by atoms with van der Waals surface area (Å²) < 4.78 is 32.9. The number of hydrogen-bond donors (Lipinski definition) is 1. The predicted octanol–water partition coefficient (Wildman–Crippen LogP) is 3.98. The molecule has 5 heteroatoms. The van der Waals surface area contributed by atoms with Crippen molar-refractivity contribution in [3.8, 4) is 5.75 Å². The van der Waals surface area contributed by atoms with E-state index in [0.29, 0.717) is 22.0 Å². The van der Waals surface area contributed by atoms with Gasteiger partial charge in [0.15, 0.2) is 11.6 Å². The Bertz CT molecular complexity index is 619. The molecule has 0 fully saturated rings. The summed E-state index contributed by atoms with van der Waals surface area (Å²) in [5.74, 6) is -0.642. The lowest BCUT2D eigenvalue weighted by Crippen LogP contribution is -2.14. The van der Waals surface area contributed by atoms with Crippen LogP contribution in [0.5, 0.6) is 5.75 Å². The Hall–Kier alpha value is -1.46. The van der Waals surface area contributed by atoms with E-state index in [0.717, 1.165) is 0 Å². The Kier molecular flexibility index (Phi) is 4.73. The Labute approximate surface area is 124 Å². The van der Waals surface area contributed by atoms with Gasteiger partial charge in [-0.1, -0.05) is 28.1 Å². The molecule has 2 nitrogen and oxygen atoms in total. The van der Waals surface area contributed by atoms with E-state index in [1.807, 2.05) is 0 Å². The zero-order valence-electron chi connectivity index (χ0n) is 10.9. The summed E-state index contributed by atoms with van der Waals surface area (Å²) in [7, 11) is 1.40. The van der Waals surface area contributed by atoms with E-state index in [1.165, 1.54) is 25.3 Å². The molecule has 0 saturated carbocycles. The van der Waals surface area contributed by atoms with Crippen LogP contribution in [0.15, 0.2) is 40.9 Å². The Morgan fingerprint density at radius 3 is 2.50 bits per heavy atom. The number of ether oxygens (including phenoxy) is 1. The van der Waals surface area contributed by atoms with Crippen LogP contribution >= 0.6 is 15.9 Å². The number of benzene rings is 2. The fraction of sp³-hybridized carbons (Fsp3) is 0.200. The molecule has 0 bridgehead atoms. The van der Waals surface area contributed by atoms with E-state index in [2.05, 4.69) is 15.9 Å². The average Bonchev–Trinajstić information content (AvgIpc) is 2.41. The maximum absolute atomic E-state index is 13.7. The molecule has 106 valence electrons. The summed E-state index contributed by atoms with van der Waals surface area (Å²) in [4.78, 5) is 0. The molecular weight excluding hydrogens is 328 g/mol. The predicted molar refractivity (Wildman–Crippen MR) is 77.7 cm³/mol. The molecule has 2 rings (SSSR count). The fourth-order valence-electron chi connectivity index (χ4n) is 1.96. The van der Waals surface area contributed by atoms with Gasteiger partial charge in [-0.15, -0.1) is 0 Å². The molecule has 0 saturated heterocycles. The van der Waals surface area contributed by atoms with Crippen LogP contribution in [-0.2, 0) is 6.42 Å².